The third-order valence-corrected chi connectivity index (χ3v) is 4.69. The number of nitrogens with one attached hydrogen (secondary N) is 2. The van der Waals surface area contributed by atoms with Crippen molar-refractivity contribution in [2.24, 2.45) is 0 Å². The molecule has 2 aromatic carbocycles. The second-order valence-corrected chi connectivity index (χ2v) is 8.21. The van der Waals surface area contributed by atoms with Crippen molar-refractivity contribution in [2.45, 2.75) is 0 Å². The van der Waals surface area contributed by atoms with Crippen molar-refractivity contribution in [1.82, 2.24) is 0 Å². The standard InChI is InChI=1S/C15H14ClIN2O4S/c1-23-14-6-4-10(8-13(14)19-24(2,21)22)18-15(20)11-7-9(16)3-5-12(11)17/h3-8,19H,1-2H3,(H,18,20). The Balaban J connectivity index is 2.31. The zero-order chi connectivity index (χ0) is 17.9. The van der Waals surface area contributed by atoms with Gasteiger partial charge >= 0.3 is 0 Å². The van der Waals surface area contributed by atoms with E-state index < -0.39 is 10.0 Å². The number of amides is 1. The number of halogens is 2. The van der Waals surface area contributed by atoms with Gasteiger partial charge in [-0.2, -0.15) is 0 Å². The van der Waals surface area contributed by atoms with Gasteiger partial charge < -0.3 is 10.1 Å². The van der Waals surface area contributed by atoms with E-state index in [0.29, 0.717) is 22.0 Å². The minimum atomic E-state index is -3.48. The Morgan fingerprint density at radius 3 is 2.54 bits per heavy atom. The van der Waals surface area contributed by atoms with Gasteiger partial charge in [-0.3, -0.25) is 9.52 Å². The van der Waals surface area contributed by atoms with Crippen LogP contribution < -0.4 is 14.8 Å². The van der Waals surface area contributed by atoms with Crippen molar-refractivity contribution in [3.63, 3.8) is 0 Å². The van der Waals surface area contributed by atoms with Gasteiger partial charge in [0.1, 0.15) is 5.75 Å². The average molecular weight is 481 g/mol. The molecule has 128 valence electrons. The highest BCUT2D eigenvalue weighted by molar-refractivity contribution is 14.1. The van der Waals surface area contributed by atoms with Crippen molar-refractivity contribution in [2.75, 3.05) is 23.4 Å². The highest BCUT2D eigenvalue weighted by Gasteiger charge is 2.14. The third-order valence-electron chi connectivity index (χ3n) is 2.93. The van der Waals surface area contributed by atoms with Crippen LogP contribution >= 0.6 is 34.2 Å². The summed E-state index contributed by atoms with van der Waals surface area (Å²) in [4.78, 5) is 12.4. The van der Waals surface area contributed by atoms with E-state index in [4.69, 9.17) is 16.3 Å². The molecule has 2 rings (SSSR count). The van der Waals surface area contributed by atoms with E-state index in [-0.39, 0.29) is 11.6 Å². The molecule has 2 N–H and O–H groups in total. The van der Waals surface area contributed by atoms with Crippen molar-refractivity contribution >= 4 is 61.5 Å². The highest BCUT2D eigenvalue weighted by atomic mass is 127. The fourth-order valence-corrected chi connectivity index (χ4v) is 3.25. The lowest BCUT2D eigenvalue weighted by atomic mass is 10.2. The van der Waals surface area contributed by atoms with Crippen LogP contribution in [0.15, 0.2) is 36.4 Å². The second-order valence-electron chi connectivity index (χ2n) is 4.87. The molecule has 0 radical (unpaired) electrons. The minimum absolute atomic E-state index is 0.235. The first-order valence-electron chi connectivity index (χ1n) is 6.62. The van der Waals surface area contributed by atoms with Crippen molar-refractivity contribution in [3.05, 3.63) is 50.6 Å². The molecule has 0 aliphatic carbocycles. The van der Waals surface area contributed by atoms with Crippen LogP contribution in [0.25, 0.3) is 0 Å². The van der Waals surface area contributed by atoms with Gasteiger partial charge in [-0.25, -0.2) is 8.42 Å². The summed E-state index contributed by atoms with van der Waals surface area (Å²) in [6.45, 7) is 0. The van der Waals surface area contributed by atoms with Gasteiger partial charge in [-0.1, -0.05) is 11.6 Å². The summed E-state index contributed by atoms with van der Waals surface area (Å²) >= 11 is 7.96. The molecule has 1 amide bonds. The van der Waals surface area contributed by atoms with Crippen LogP contribution in [0, 0.1) is 3.57 Å². The zero-order valence-corrected chi connectivity index (χ0v) is 16.5. The van der Waals surface area contributed by atoms with Crippen LogP contribution in [0.3, 0.4) is 0 Å². The van der Waals surface area contributed by atoms with Gasteiger partial charge in [0.05, 0.1) is 24.6 Å². The van der Waals surface area contributed by atoms with Crippen LogP contribution in [0.5, 0.6) is 5.75 Å². The molecule has 0 aliphatic rings. The molecule has 0 saturated heterocycles. The molecular formula is C15H14ClIN2O4S. The summed E-state index contributed by atoms with van der Waals surface area (Å²) in [7, 11) is -2.05. The lowest BCUT2D eigenvalue weighted by Gasteiger charge is -2.13. The van der Waals surface area contributed by atoms with E-state index in [1.54, 1.807) is 30.3 Å². The molecule has 0 unspecified atom stereocenters. The Morgan fingerprint density at radius 1 is 1.21 bits per heavy atom. The predicted octanol–water partition coefficient (Wildman–Crippen LogP) is 3.58. The van der Waals surface area contributed by atoms with Crippen LogP contribution in [0.4, 0.5) is 11.4 Å². The molecule has 24 heavy (non-hydrogen) atoms. The maximum absolute atomic E-state index is 12.4. The van der Waals surface area contributed by atoms with Crippen molar-refractivity contribution in [3.8, 4) is 5.75 Å². The van der Waals surface area contributed by atoms with E-state index in [1.807, 2.05) is 22.6 Å². The van der Waals surface area contributed by atoms with Crippen LogP contribution in [0.2, 0.25) is 5.02 Å². The van der Waals surface area contributed by atoms with Gasteiger partial charge in [0, 0.05) is 14.3 Å². The normalized spacial score (nSPS) is 11.0. The molecule has 0 spiro atoms. The van der Waals surface area contributed by atoms with Gasteiger partial charge in [-0.15, -0.1) is 0 Å². The van der Waals surface area contributed by atoms with E-state index >= 15 is 0 Å². The minimum Gasteiger partial charge on any atom is -0.495 e. The summed E-state index contributed by atoms with van der Waals surface area (Å²) in [5, 5.41) is 3.16. The molecule has 0 aliphatic heterocycles. The van der Waals surface area contributed by atoms with Crippen molar-refractivity contribution in [1.29, 1.82) is 0 Å². The molecule has 0 bridgehead atoms. The fraction of sp³-hybridized carbons (Fsp3) is 0.133. The van der Waals surface area contributed by atoms with E-state index in [0.717, 1.165) is 9.83 Å². The Hall–Kier alpha value is -1.52. The van der Waals surface area contributed by atoms with Gasteiger partial charge in [-0.05, 0) is 59.0 Å². The Labute approximate surface area is 158 Å². The quantitative estimate of drug-likeness (QED) is 0.641. The Bertz CT molecular complexity index is 887. The summed E-state index contributed by atoms with van der Waals surface area (Å²) in [6, 6.07) is 9.66. The summed E-state index contributed by atoms with van der Waals surface area (Å²) in [5.74, 6) is -0.00636. The van der Waals surface area contributed by atoms with E-state index in [2.05, 4.69) is 10.0 Å². The van der Waals surface area contributed by atoms with Gasteiger partial charge in [0.25, 0.3) is 5.91 Å². The number of hydrogen-bond donors (Lipinski definition) is 2. The number of carbonyl (C=O) groups excluding carboxylic acids is 1. The maximum atomic E-state index is 12.4. The number of benzene rings is 2. The molecule has 0 atom stereocenters. The van der Waals surface area contributed by atoms with E-state index in [9.17, 15) is 13.2 Å². The second kappa shape index (κ2) is 7.58. The topological polar surface area (TPSA) is 84.5 Å². The lowest BCUT2D eigenvalue weighted by Crippen LogP contribution is -2.14. The predicted molar refractivity (Wildman–Crippen MR) is 104 cm³/mol. The Kier molecular flexibility index (Phi) is 5.94. The number of anilines is 2. The number of rotatable bonds is 5. The number of hydrogen-bond acceptors (Lipinski definition) is 4. The van der Waals surface area contributed by atoms with Crippen LogP contribution in [0.1, 0.15) is 10.4 Å². The SMILES string of the molecule is COc1ccc(NC(=O)c2cc(Cl)ccc2I)cc1NS(C)(=O)=O. The maximum Gasteiger partial charge on any atom is 0.256 e. The summed E-state index contributed by atoms with van der Waals surface area (Å²) in [6.07, 6.45) is 1.03. The molecule has 0 heterocycles. The lowest BCUT2D eigenvalue weighted by molar-refractivity contribution is 0.102. The summed E-state index contributed by atoms with van der Waals surface area (Å²) in [5.41, 5.74) is 1.08. The highest BCUT2D eigenvalue weighted by Crippen LogP contribution is 2.29. The van der Waals surface area contributed by atoms with E-state index in [1.165, 1.54) is 13.2 Å². The molecule has 9 heteroatoms. The fourth-order valence-electron chi connectivity index (χ4n) is 1.94. The first-order chi connectivity index (χ1) is 11.2. The average Bonchev–Trinajstić information content (AvgIpc) is 2.48. The molecule has 0 aromatic heterocycles. The number of sulfonamides is 1. The van der Waals surface area contributed by atoms with Crippen LogP contribution in [-0.4, -0.2) is 27.7 Å². The molecule has 2 aromatic rings. The van der Waals surface area contributed by atoms with Crippen molar-refractivity contribution < 1.29 is 17.9 Å². The third kappa shape index (κ3) is 4.99. The molecule has 6 nitrogen and oxygen atoms in total. The largest absolute Gasteiger partial charge is 0.495 e. The monoisotopic (exact) mass is 480 g/mol. The van der Waals surface area contributed by atoms with Gasteiger partial charge in [0.2, 0.25) is 10.0 Å². The first-order valence-corrected chi connectivity index (χ1v) is 9.96. The van der Waals surface area contributed by atoms with Crippen LogP contribution in [-0.2, 0) is 10.0 Å². The zero-order valence-electron chi connectivity index (χ0n) is 12.8. The van der Waals surface area contributed by atoms with Gasteiger partial charge in [0.15, 0.2) is 0 Å². The number of methoxy groups -OCH3 is 1. The first kappa shape index (κ1) is 18.8. The molecule has 0 saturated carbocycles. The number of carbonyl (C=O) groups is 1. The summed E-state index contributed by atoms with van der Waals surface area (Å²) < 4.78 is 31.1. The smallest absolute Gasteiger partial charge is 0.256 e. The Morgan fingerprint density at radius 2 is 1.92 bits per heavy atom. The molecule has 0 fully saturated rings. The number of ether oxygens (including phenoxy) is 1. The molecular weight excluding hydrogens is 467 g/mol.